The van der Waals surface area contributed by atoms with Crippen molar-refractivity contribution in [3.8, 4) is 16.7 Å². The second-order valence-corrected chi connectivity index (χ2v) is 7.82. The predicted octanol–water partition coefficient (Wildman–Crippen LogP) is 4.47. The van der Waals surface area contributed by atoms with E-state index in [0.717, 1.165) is 31.5 Å². The summed E-state index contributed by atoms with van der Waals surface area (Å²) >= 11 is 1.19. The van der Waals surface area contributed by atoms with Crippen LogP contribution < -0.4 is 9.47 Å². The molecule has 4 rings (SSSR count). The molecular formula is C22H23N3O3S. The number of carbonyl (C=O) groups is 1. The second kappa shape index (κ2) is 8.61. The summed E-state index contributed by atoms with van der Waals surface area (Å²) in [6.07, 6.45) is 2.75. The van der Waals surface area contributed by atoms with E-state index in [2.05, 4.69) is 40.5 Å². The van der Waals surface area contributed by atoms with E-state index in [9.17, 15) is 4.79 Å². The summed E-state index contributed by atoms with van der Waals surface area (Å²) in [4.78, 5) is 19.0. The minimum Gasteiger partial charge on any atom is -0.493 e. The Hall–Kier alpha value is -2.93. The molecule has 0 saturated carbocycles. The maximum atomic E-state index is 12.7. The zero-order chi connectivity index (χ0) is 20.2. The van der Waals surface area contributed by atoms with Crippen LogP contribution in [0.15, 0.2) is 42.5 Å². The van der Waals surface area contributed by atoms with Crippen LogP contribution in [0.25, 0.3) is 0 Å². The van der Waals surface area contributed by atoms with Gasteiger partial charge in [-0.05, 0) is 43.5 Å². The number of amides is 1. The van der Waals surface area contributed by atoms with Gasteiger partial charge in [0.05, 0.1) is 7.11 Å². The van der Waals surface area contributed by atoms with E-state index in [-0.39, 0.29) is 5.91 Å². The molecule has 150 valence electrons. The highest BCUT2D eigenvalue weighted by Crippen LogP contribution is 2.34. The number of aryl methyl sites for hydroxylation is 1. The molecule has 0 bridgehead atoms. The van der Waals surface area contributed by atoms with E-state index < -0.39 is 0 Å². The molecule has 0 aliphatic carbocycles. The lowest BCUT2D eigenvalue weighted by Crippen LogP contribution is -2.27. The van der Waals surface area contributed by atoms with Gasteiger partial charge in [-0.2, -0.15) is 9.36 Å². The van der Waals surface area contributed by atoms with E-state index in [1.165, 1.54) is 17.1 Å². The SMILES string of the molecule is COc1ccc(C(=O)N2CCCC2)cc1Oc1nc(Cc2ccc(C)cc2)ns1. The molecule has 29 heavy (non-hydrogen) atoms. The molecule has 1 aliphatic heterocycles. The van der Waals surface area contributed by atoms with Gasteiger partial charge in [-0.3, -0.25) is 4.79 Å². The van der Waals surface area contributed by atoms with Gasteiger partial charge in [-0.1, -0.05) is 29.8 Å². The van der Waals surface area contributed by atoms with Crippen molar-refractivity contribution >= 4 is 17.4 Å². The standard InChI is InChI=1S/C22H23N3O3S/c1-15-5-7-16(8-6-15)13-20-23-22(29-24-20)28-19-14-17(9-10-18(19)27-2)21(26)25-11-3-4-12-25/h5-10,14H,3-4,11-13H2,1-2H3. The maximum Gasteiger partial charge on any atom is 0.298 e. The average Bonchev–Trinajstić information content (AvgIpc) is 3.42. The predicted molar refractivity (Wildman–Crippen MR) is 112 cm³/mol. The number of aromatic nitrogens is 2. The number of rotatable bonds is 6. The van der Waals surface area contributed by atoms with Gasteiger partial charge in [0, 0.05) is 36.6 Å². The number of benzene rings is 2. The number of hydrogen-bond acceptors (Lipinski definition) is 6. The minimum atomic E-state index is 0.0207. The molecule has 2 aromatic carbocycles. The van der Waals surface area contributed by atoms with Crippen molar-refractivity contribution in [1.29, 1.82) is 0 Å². The van der Waals surface area contributed by atoms with Gasteiger partial charge in [-0.25, -0.2) is 0 Å². The minimum absolute atomic E-state index is 0.0207. The van der Waals surface area contributed by atoms with Crippen molar-refractivity contribution in [2.45, 2.75) is 26.2 Å². The summed E-state index contributed by atoms with van der Waals surface area (Å²) in [6, 6.07) is 13.6. The fourth-order valence-corrected chi connectivity index (χ4v) is 3.89. The summed E-state index contributed by atoms with van der Waals surface area (Å²) in [5.74, 6) is 1.75. The molecule has 7 heteroatoms. The van der Waals surface area contributed by atoms with Crippen LogP contribution >= 0.6 is 11.5 Å². The Morgan fingerprint density at radius 1 is 1.10 bits per heavy atom. The van der Waals surface area contributed by atoms with Crippen LogP contribution in [0, 0.1) is 6.92 Å². The van der Waals surface area contributed by atoms with Gasteiger partial charge >= 0.3 is 0 Å². The maximum absolute atomic E-state index is 12.7. The Kier molecular flexibility index (Phi) is 5.76. The van der Waals surface area contributed by atoms with E-state index in [4.69, 9.17) is 9.47 Å². The number of hydrogen-bond donors (Lipinski definition) is 0. The molecule has 0 unspecified atom stereocenters. The zero-order valence-corrected chi connectivity index (χ0v) is 17.4. The lowest BCUT2D eigenvalue weighted by atomic mass is 10.1. The average molecular weight is 410 g/mol. The molecular weight excluding hydrogens is 386 g/mol. The summed E-state index contributed by atoms with van der Waals surface area (Å²) in [5, 5.41) is 0.427. The van der Waals surface area contributed by atoms with E-state index >= 15 is 0 Å². The van der Waals surface area contributed by atoms with Crippen molar-refractivity contribution < 1.29 is 14.3 Å². The van der Waals surface area contributed by atoms with E-state index in [0.29, 0.717) is 34.5 Å². The highest BCUT2D eigenvalue weighted by molar-refractivity contribution is 7.07. The first-order valence-electron chi connectivity index (χ1n) is 9.65. The van der Waals surface area contributed by atoms with Crippen molar-refractivity contribution in [1.82, 2.24) is 14.3 Å². The van der Waals surface area contributed by atoms with Crippen LogP contribution in [-0.4, -0.2) is 40.4 Å². The number of methoxy groups -OCH3 is 1. The van der Waals surface area contributed by atoms with Gasteiger partial charge in [0.2, 0.25) is 0 Å². The summed E-state index contributed by atoms with van der Waals surface area (Å²) in [7, 11) is 1.58. The first-order valence-corrected chi connectivity index (χ1v) is 10.4. The Morgan fingerprint density at radius 2 is 1.86 bits per heavy atom. The Morgan fingerprint density at radius 3 is 2.59 bits per heavy atom. The Labute approximate surface area is 174 Å². The third-order valence-electron chi connectivity index (χ3n) is 4.93. The first kappa shape index (κ1) is 19.4. The molecule has 1 aromatic heterocycles. The molecule has 1 amide bonds. The van der Waals surface area contributed by atoms with Crippen LogP contribution in [0.5, 0.6) is 16.7 Å². The number of ether oxygens (including phenoxy) is 2. The summed E-state index contributed by atoms with van der Waals surface area (Å²) < 4.78 is 15.7. The van der Waals surface area contributed by atoms with Gasteiger partial charge < -0.3 is 14.4 Å². The Bertz CT molecular complexity index is 995. The first-order chi connectivity index (χ1) is 14.1. The lowest BCUT2D eigenvalue weighted by molar-refractivity contribution is 0.0792. The molecule has 2 heterocycles. The molecule has 0 spiro atoms. The molecule has 1 saturated heterocycles. The van der Waals surface area contributed by atoms with Crippen molar-refractivity contribution in [2.75, 3.05) is 20.2 Å². The fourth-order valence-electron chi connectivity index (χ4n) is 3.33. The van der Waals surface area contributed by atoms with Crippen molar-refractivity contribution in [3.05, 3.63) is 65.0 Å². The Balaban J connectivity index is 1.50. The van der Waals surface area contributed by atoms with Gasteiger partial charge in [0.15, 0.2) is 17.3 Å². The van der Waals surface area contributed by atoms with Crippen molar-refractivity contribution in [2.24, 2.45) is 0 Å². The van der Waals surface area contributed by atoms with Crippen LogP contribution in [-0.2, 0) is 6.42 Å². The lowest BCUT2D eigenvalue weighted by Gasteiger charge is -2.16. The molecule has 1 fully saturated rings. The molecule has 3 aromatic rings. The number of likely N-dealkylation sites (tertiary alicyclic amines) is 1. The zero-order valence-electron chi connectivity index (χ0n) is 16.6. The highest BCUT2D eigenvalue weighted by Gasteiger charge is 2.21. The number of nitrogens with zero attached hydrogens (tertiary/aromatic N) is 3. The normalized spacial score (nSPS) is 13.5. The monoisotopic (exact) mass is 409 g/mol. The largest absolute Gasteiger partial charge is 0.493 e. The van der Waals surface area contributed by atoms with Crippen LogP contribution in [0.2, 0.25) is 0 Å². The molecule has 0 N–H and O–H groups in total. The molecule has 1 aliphatic rings. The third kappa shape index (κ3) is 4.56. The van der Waals surface area contributed by atoms with E-state index in [1.54, 1.807) is 25.3 Å². The highest BCUT2D eigenvalue weighted by atomic mass is 32.1. The van der Waals surface area contributed by atoms with Crippen molar-refractivity contribution in [3.63, 3.8) is 0 Å². The van der Waals surface area contributed by atoms with Crippen LogP contribution in [0.1, 0.15) is 40.2 Å². The van der Waals surface area contributed by atoms with Gasteiger partial charge in [-0.15, -0.1) is 0 Å². The second-order valence-electron chi connectivity index (χ2n) is 7.11. The van der Waals surface area contributed by atoms with E-state index in [1.807, 2.05) is 4.90 Å². The molecule has 0 atom stereocenters. The van der Waals surface area contributed by atoms with Crippen LogP contribution in [0.4, 0.5) is 0 Å². The van der Waals surface area contributed by atoms with Gasteiger partial charge in [0.1, 0.15) is 0 Å². The number of carbonyl (C=O) groups excluding carboxylic acids is 1. The topological polar surface area (TPSA) is 64.5 Å². The van der Waals surface area contributed by atoms with Crippen LogP contribution in [0.3, 0.4) is 0 Å². The quantitative estimate of drug-likeness (QED) is 0.601. The molecule has 6 nitrogen and oxygen atoms in total. The summed E-state index contributed by atoms with van der Waals surface area (Å²) in [5.41, 5.74) is 2.96. The van der Waals surface area contributed by atoms with Gasteiger partial charge in [0.25, 0.3) is 11.1 Å². The third-order valence-corrected chi connectivity index (χ3v) is 5.57. The smallest absolute Gasteiger partial charge is 0.298 e. The molecule has 0 radical (unpaired) electrons. The summed E-state index contributed by atoms with van der Waals surface area (Å²) in [6.45, 7) is 3.67. The fraction of sp³-hybridized carbons (Fsp3) is 0.318.